The van der Waals surface area contributed by atoms with Crippen LogP contribution in [-0.2, 0) is 21.1 Å². The Morgan fingerprint density at radius 1 is 0.400 bits per heavy atom. The van der Waals surface area contributed by atoms with Gasteiger partial charge in [-0.1, -0.05) is 33.7 Å². The van der Waals surface area contributed by atoms with Crippen LogP contribution < -0.4 is 0 Å². The summed E-state index contributed by atoms with van der Waals surface area (Å²) in [6, 6.07) is 0. The van der Waals surface area contributed by atoms with E-state index in [-0.39, 0.29) is 54.7 Å². The van der Waals surface area contributed by atoms with Crippen LogP contribution in [0.3, 0.4) is 0 Å². The monoisotopic (exact) mass is 158 g/mol. The summed E-state index contributed by atoms with van der Waals surface area (Å²) < 4.78 is 0. The molecule has 0 saturated heterocycles. The molecule has 0 aliphatic rings. The van der Waals surface area contributed by atoms with Crippen molar-refractivity contribution in [1.82, 2.24) is 0 Å². The van der Waals surface area contributed by atoms with Crippen molar-refractivity contribution in [1.29, 1.82) is 0 Å². The van der Waals surface area contributed by atoms with Crippen molar-refractivity contribution in [3.8, 4) is 0 Å². The number of hydrogen-bond acceptors (Lipinski definition) is 0. The van der Waals surface area contributed by atoms with E-state index in [1.54, 1.807) is 0 Å². The zero-order valence-corrected chi connectivity index (χ0v) is 2.42. The Labute approximate surface area is 55.0 Å². The third-order valence-electron chi connectivity index (χ3n) is 0. The van der Waals surface area contributed by atoms with Crippen molar-refractivity contribution < 1.29 is 21.1 Å². The Kier molecular flexibility index (Phi) is 2780. The van der Waals surface area contributed by atoms with Gasteiger partial charge in [0.1, 0.15) is 0 Å². The Morgan fingerprint density at radius 2 is 0.400 bits per heavy atom. The zero-order chi connectivity index (χ0) is 0. The summed E-state index contributed by atoms with van der Waals surface area (Å²) in [5, 5.41) is 0. The molecule has 0 atom stereocenters. The van der Waals surface area contributed by atoms with Gasteiger partial charge in [-0.3, -0.25) is 0 Å². The molecule has 0 rings (SSSR count). The fourth-order valence-electron chi connectivity index (χ4n) is 0. The molecule has 0 nitrogen and oxygen atoms in total. The van der Waals surface area contributed by atoms with Gasteiger partial charge in [0, 0.05) is 0 Å². The Balaban J connectivity index is 0. The van der Waals surface area contributed by atoms with Gasteiger partial charge in [-0.2, -0.15) is 0 Å². The van der Waals surface area contributed by atoms with Crippen molar-refractivity contribution >= 4 is 33.7 Å². The standard InChI is InChI=1S/4BH4.Mo/h4*1H4;/q4*-1;+4. The first-order chi connectivity index (χ1) is 0. The molecular weight excluding hydrogens is 139 g/mol. The molecule has 0 heterocycles. The summed E-state index contributed by atoms with van der Waals surface area (Å²) in [5.41, 5.74) is 0. The third kappa shape index (κ3) is 47.8. The van der Waals surface area contributed by atoms with Crippen LogP contribution in [-0.4, -0.2) is 33.7 Å². The van der Waals surface area contributed by atoms with Crippen LogP contribution in [0.25, 0.3) is 0 Å². The molecule has 0 spiro atoms. The van der Waals surface area contributed by atoms with Crippen LogP contribution in [0.4, 0.5) is 0 Å². The minimum absolute atomic E-state index is 0. The Bertz CT molecular complexity index is 3.61. The first-order valence-electron chi connectivity index (χ1n) is 0. The molecule has 0 N–H and O–H groups in total. The summed E-state index contributed by atoms with van der Waals surface area (Å²) in [4.78, 5) is 0. The van der Waals surface area contributed by atoms with Crippen LogP contribution in [0.5, 0.6) is 0 Å². The second kappa shape index (κ2) is 85.8. The van der Waals surface area contributed by atoms with Gasteiger partial charge in [0.2, 0.25) is 0 Å². The van der Waals surface area contributed by atoms with Crippen molar-refractivity contribution in [2.75, 3.05) is 0 Å². The van der Waals surface area contributed by atoms with E-state index in [4.69, 9.17) is 0 Å². The van der Waals surface area contributed by atoms with E-state index in [9.17, 15) is 0 Å². The summed E-state index contributed by atoms with van der Waals surface area (Å²) in [5.74, 6) is 0. The first-order valence-corrected chi connectivity index (χ1v) is 0. The first kappa shape index (κ1) is 162. The average molecular weight is 155 g/mol. The van der Waals surface area contributed by atoms with Crippen LogP contribution >= 0.6 is 0 Å². The fraction of sp³-hybridized carbons (Fsp3) is 0. The summed E-state index contributed by atoms with van der Waals surface area (Å²) in [7, 11) is 0. The van der Waals surface area contributed by atoms with Gasteiger partial charge in [-0.15, -0.1) is 0 Å². The van der Waals surface area contributed by atoms with Gasteiger partial charge < -0.3 is 0 Å². The summed E-state index contributed by atoms with van der Waals surface area (Å²) in [6.07, 6.45) is 0. The maximum absolute atomic E-state index is 0. The van der Waals surface area contributed by atoms with E-state index >= 15 is 0 Å². The van der Waals surface area contributed by atoms with Crippen molar-refractivity contribution in [3.63, 3.8) is 0 Å². The maximum Gasteiger partial charge on any atom is 4.00 e. The fourth-order valence-corrected chi connectivity index (χ4v) is 0. The largest absolute Gasteiger partial charge is 4.00 e. The molecule has 0 aromatic rings. The van der Waals surface area contributed by atoms with E-state index in [0.717, 1.165) is 0 Å². The normalized spacial score (nSPS) is 0. The van der Waals surface area contributed by atoms with Crippen molar-refractivity contribution in [2.24, 2.45) is 0 Å². The van der Waals surface area contributed by atoms with Gasteiger partial charge >= 0.3 is 21.1 Å². The van der Waals surface area contributed by atoms with Crippen molar-refractivity contribution in [2.45, 2.75) is 0 Å². The molecular formula is H16B4Mo. The third-order valence-corrected chi connectivity index (χ3v) is 0. The minimum atomic E-state index is 0. The molecule has 0 saturated carbocycles. The van der Waals surface area contributed by atoms with Crippen LogP contribution in [0.15, 0.2) is 0 Å². The van der Waals surface area contributed by atoms with Gasteiger partial charge in [0.15, 0.2) is 0 Å². The van der Waals surface area contributed by atoms with Crippen LogP contribution in [0.1, 0.15) is 0 Å². The molecule has 0 radical (unpaired) electrons. The Morgan fingerprint density at radius 3 is 0.400 bits per heavy atom. The average Bonchev–Trinajstić information content (AvgIpc) is 0. The van der Waals surface area contributed by atoms with E-state index < -0.39 is 0 Å². The van der Waals surface area contributed by atoms with E-state index in [2.05, 4.69) is 0 Å². The molecule has 5 heavy (non-hydrogen) atoms. The summed E-state index contributed by atoms with van der Waals surface area (Å²) in [6.45, 7) is 0. The van der Waals surface area contributed by atoms with Gasteiger partial charge in [-0.25, -0.2) is 0 Å². The predicted octanol–water partition coefficient (Wildman–Crippen LogP) is -5.81. The summed E-state index contributed by atoms with van der Waals surface area (Å²) >= 11 is 0. The molecule has 0 bridgehead atoms. The van der Waals surface area contributed by atoms with Gasteiger partial charge in [0.25, 0.3) is 0 Å². The van der Waals surface area contributed by atoms with E-state index in [0.29, 0.717) is 0 Å². The van der Waals surface area contributed by atoms with Crippen LogP contribution in [0.2, 0.25) is 0 Å². The number of hydrogen-bond donors (Lipinski definition) is 0. The molecule has 5 heteroatoms. The molecule has 0 fully saturated rings. The van der Waals surface area contributed by atoms with Gasteiger partial charge in [0.05, 0.1) is 0 Å². The maximum atomic E-state index is 0. The topological polar surface area (TPSA) is 0 Å². The molecule has 0 aromatic carbocycles. The molecule has 0 aliphatic carbocycles. The second-order valence-corrected chi connectivity index (χ2v) is 0. The predicted molar refractivity (Wildman–Crippen MR) is 45.3 cm³/mol. The smallest absolute Gasteiger partial charge is 0.0626 e. The molecule has 0 aromatic heterocycles. The zero-order valence-electron chi connectivity index (χ0n) is 0.408. The molecule has 0 aliphatic heterocycles. The van der Waals surface area contributed by atoms with Gasteiger partial charge in [-0.05, 0) is 0 Å². The second-order valence-electron chi connectivity index (χ2n) is 0. The van der Waals surface area contributed by atoms with Crippen LogP contribution in [0, 0.1) is 0 Å². The quantitative estimate of drug-likeness (QED) is 0.306. The molecule has 0 unspecified atom stereocenters. The Hall–Kier alpha value is 0.948. The minimum Gasteiger partial charge on any atom is -0.0626 e. The van der Waals surface area contributed by atoms with E-state index in [1.165, 1.54) is 0 Å². The number of rotatable bonds is 0. The SMILES string of the molecule is [BH4-].[BH4-].[BH4-].[BH4-].[Mo+4]. The van der Waals surface area contributed by atoms with Crippen molar-refractivity contribution in [3.05, 3.63) is 0 Å². The van der Waals surface area contributed by atoms with E-state index in [1.807, 2.05) is 0 Å². The molecule has 34 valence electrons. The molecule has 0 amide bonds.